The summed E-state index contributed by atoms with van der Waals surface area (Å²) in [4.78, 5) is 34.3. The Morgan fingerprint density at radius 3 is 2.24 bits per heavy atom. The number of rotatable bonds is 21. The average molecular weight is 632 g/mol. The quantitative estimate of drug-likeness (QED) is 0.0470. The van der Waals surface area contributed by atoms with E-state index in [1.165, 1.54) is 40.4 Å². The van der Waals surface area contributed by atoms with Gasteiger partial charge in [-0.25, -0.2) is 5.06 Å². The highest BCUT2D eigenvalue weighted by Gasteiger charge is 2.18. The van der Waals surface area contributed by atoms with Crippen molar-refractivity contribution in [1.29, 1.82) is 0 Å². The molecule has 0 heterocycles. The van der Waals surface area contributed by atoms with Gasteiger partial charge in [0.05, 0.1) is 38.7 Å². The molecule has 45 heavy (non-hydrogen) atoms. The van der Waals surface area contributed by atoms with Gasteiger partial charge in [-0.1, -0.05) is 83.4 Å². The number of amides is 3. The molecule has 0 saturated carbocycles. The van der Waals surface area contributed by atoms with Crippen LogP contribution in [0.4, 0.5) is 0 Å². The number of ether oxygens (including phenoxy) is 3. The number of carbonyl (C=O) groups is 3. The lowest BCUT2D eigenvalue weighted by molar-refractivity contribution is -0.163. The van der Waals surface area contributed by atoms with Crippen LogP contribution in [0.5, 0.6) is 0 Å². The predicted molar refractivity (Wildman–Crippen MR) is 178 cm³/mol. The summed E-state index contributed by atoms with van der Waals surface area (Å²) in [5.74, 6) is 1.48. The summed E-state index contributed by atoms with van der Waals surface area (Å²) in [6.45, 7) is 14.7. The van der Waals surface area contributed by atoms with Crippen molar-refractivity contribution in [2.75, 3.05) is 33.9 Å². The lowest BCUT2D eigenvalue weighted by atomic mass is 9.96. The second-order valence-corrected chi connectivity index (χ2v) is 10.6. The average Bonchev–Trinajstić information content (AvgIpc) is 3.05. The Balaban J connectivity index is 0.00000146. The van der Waals surface area contributed by atoms with Gasteiger partial charge in [0, 0.05) is 38.9 Å². The molecule has 0 saturated heterocycles. The van der Waals surface area contributed by atoms with Crippen molar-refractivity contribution in [3.05, 3.63) is 71.4 Å². The van der Waals surface area contributed by atoms with Gasteiger partial charge in [-0.15, -0.1) is 0 Å². The van der Waals surface area contributed by atoms with Crippen LogP contribution in [0.3, 0.4) is 0 Å². The number of nitrogens with one attached hydrogen (secondary N) is 2. The number of methoxy groups -OCH3 is 2. The predicted octanol–water partition coefficient (Wildman–Crippen LogP) is 6.42. The second-order valence-electron chi connectivity index (χ2n) is 10.6. The number of benzene rings is 1. The lowest BCUT2D eigenvalue weighted by Crippen LogP contribution is -2.29. The van der Waals surface area contributed by atoms with Crippen molar-refractivity contribution in [3.8, 4) is 0 Å². The Labute approximate surface area is 270 Å². The summed E-state index contributed by atoms with van der Waals surface area (Å²) in [7, 11) is 2.92. The zero-order valence-corrected chi connectivity index (χ0v) is 28.6. The minimum absolute atomic E-state index is 0.00820. The summed E-state index contributed by atoms with van der Waals surface area (Å²) in [6, 6.07) is 9.83. The van der Waals surface area contributed by atoms with E-state index in [-0.39, 0.29) is 30.5 Å². The maximum atomic E-state index is 12.1. The lowest BCUT2D eigenvalue weighted by Gasteiger charge is -2.19. The molecule has 1 aromatic carbocycles. The van der Waals surface area contributed by atoms with Crippen LogP contribution in [0.1, 0.15) is 91.5 Å². The molecule has 254 valence electrons. The fourth-order valence-corrected chi connectivity index (χ4v) is 4.18. The van der Waals surface area contributed by atoms with Crippen molar-refractivity contribution in [2.24, 2.45) is 5.92 Å². The van der Waals surface area contributed by atoms with E-state index in [1.807, 2.05) is 30.3 Å². The summed E-state index contributed by atoms with van der Waals surface area (Å²) in [5.41, 5.74) is 1.55. The minimum Gasteiger partial charge on any atom is -0.498 e. The van der Waals surface area contributed by atoms with Gasteiger partial charge in [-0.05, 0) is 31.2 Å². The number of hydrogen-bond donors (Lipinski definition) is 3. The Morgan fingerprint density at radius 1 is 1.00 bits per heavy atom. The SMILES string of the molecule is C=C(OC)/C(CN(O)C(=O)CC)=C(\C=C(/C)OCCCC(=O)NCC[C@H](CC)CCCC)OC.CC(=O)NCc1ccccc1. The fourth-order valence-electron chi connectivity index (χ4n) is 4.18. The van der Waals surface area contributed by atoms with Gasteiger partial charge in [-0.3, -0.25) is 19.6 Å². The van der Waals surface area contributed by atoms with Crippen LogP contribution < -0.4 is 10.6 Å². The molecule has 0 aromatic heterocycles. The van der Waals surface area contributed by atoms with Gasteiger partial charge >= 0.3 is 0 Å². The molecule has 1 atom stereocenters. The standard InChI is InChI=1S/C26H46N2O6.C9H11NO/c1-8-11-13-22(9-2)15-16-27-25(29)14-12-17-34-20(4)18-24(33-7)23(21(5)32-6)19-28(31)26(30)10-3;1-8(11)10-7-9-5-3-2-4-6-9/h18,22,31H,5,8-17,19H2,1-4,6-7H3,(H,27,29);2-6H,7H2,1H3,(H,10,11)/b20-18+,24-23+;/t22-;/m1./s1. The first kappa shape index (κ1) is 41.2. The van der Waals surface area contributed by atoms with Crippen molar-refractivity contribution in [3.63, 3.8) is 0 Å². The van der Waals surface area contributed by atoms with Crippen molar-refractivity contribution in [2.45, 2.75) is 92.5 Å². The Hall–Kier alpha value is -3.79. The van der Waals surface area contributed by atoms with Crippen LogP contribution in [-0.2, 0) is 35.1 Å². The second kappa shape index (κ2) is 25.5. The van der Waals surface area contributed by atoms with Crippen molar-refractivity contribution < 1.29 is 33.8 Å². The van der Waals surface area contributed by atoms with Crippen LogP contribution >= 0.6 is 0 Å². The first-order valence-corrected chi connectivity index (χ1v) is 15.9. The number of nitrogens with zero attached hydrogens (tertiary/aromatic N) is 1. The van der Waals surface area contributed by atoms with E-state index in [2.05, 4.69) is 31.1 Å². The smallest absolute Gasteiger partial charge is 0.245 e. The molecular weight excluding hydrogens is 574 g/mol. The molecule has 0 aliphatic carbocycles. The molecule has 1 aromatic rings. The molecule has 1 rings (SSSR count). The summed E-state index contributed by atoms with van der Waals surface area (Å²) in [5, 5.41) is 16.3. The highest BCUT2D eigenvalue weighted by Crippen LogP contribution is 2.20. The highest BCUT2D eigenvalue weighted by atomic mass is 16.5. The molecule has 0 unspecified atom stereocenters. The minimum atomic E-state index is -0.432. The van der Waals surface area contributed by atoms with Gasteiger partial charge in [-0.2, -0.15) is 0 Å². The van der Waals surface area contributed by atoms with E-state index in [9.17, 15) is 19.6 Å². The van der Waals surface area contributed by atoms with Crippen molar-refractivity contribution >= 4 is 17.7 Å². The Kier molecular flexibility index (Phi) is 23.4. The molecular formula is C35H57N3O7. The van der Waals surface area contributed by atoms with Gasteiger partial charge in [0.2, 0.25) is 17.7 Å². The molecule has 10 nitrogen and oxygen atoms in total. The zero-order chi connectivity index (χ0) is 34.0. The monoisotopic (exact) mass is 631 g/mol. The highest BCUT2D eigenvalue weighted by molar-refractivity contribution is 5.76. The number of unbranched alkanes of at least 4 members (excludes halogenated alkanes) is 1. The van der Waals surface area contributed by atoms with E-state index < -0.39 is 5.91 Å². The van der Waals surface area contributed by atoms with Gasteiger partial charge in [0.25, 0.3) is 0 Å². The molecule has 0 spiro atoms. The largest absolute Gasteiger partial charge is 0.498 e. The van der Waals surface area contributed by atoms with Gasteiger partial charge in [0.1, 0.15) is 11.5 Å². The topological polar surface area (TPSA) is 126 Å². The van der Waals surface area contributed by atoms with E-state index in [0.717, 1.165) is 24.9 Å². The Bertz CT molecular complexity index is 1070. The summed E-state index contributed by atoms with van der Waals surface area (Å²) >= 11 is 0. The molecule has 0 radical (unpaired) electrons. The van der Waals surface area contributed by atoms with Crippen LogP contribution in [0, 0.1) is 5.92 Å². The number of allylic oxidation sites excluding steroid dienone is 2. The van der Waals surface area contributed by atoms with Gasteiger partial charge in [0.15, 0.2) is 0 Å². The number of carbonyl (C=O) groups excluding carboxylic acids is 3. The summed E-state index contributed by atoms with van der Waals surface area (Å²) < 4.78 is 16.3. The number of hydroxylamine groups is 2. The summed E-state index contributed by atoms with van der Waals surface area (Å²) in [6.07, 6.45) is 8.64. The molecule has 3 N–H and O–H groups in total. The van der Waals surface area contributed by atoms with Crippen LogP contribution in [0.25, 0.3) is 0 Å². The first-order chi connectivity index (χ1) is 21.5. The van der Waals surface area contributed by atoms with E-state index >= 15 is 0 Å². The third-order valence-corrected chi connectivity index (χ3v) is 7.01. The van der Waals surface area contributed by atoms with Gasteiger partial charge < -0.3 is 24.8 Å². The fraction of sp³-hybridized carbons (Fsp3) is 0.571. The third kappa shape index (κ3) is 20.0. The van der Waals surface area contributed by atoms with E-state index in [0.29, 0.717) is 54.1 Å². The van der Waals surface area contributed by atoms with Crippen molar-refractivity contribution in [1.82, 2.24) is 15.7 Å². The molecule has 0 aliphatic rings. The first-order valence-electron chi connectivity index (χ1n) is 15.9. The normalized spacial score (nSPS) is 12.0. The van der Waals surface area contributed by atoms with Crippen LogP contribution in [-0.4, -0.2) is 61.9 Å². The van der Waals surface area contributed by atoms with E-state index in [1.54, 1.807) is 19.9 Å². The molecule has 0 fully saturated rings. The molecule has 0 aliphatic heterocycles. The molecule has 3 amide bonds. The van der Waals surface area contributed by atoms with Crippen LogP contribution in [0.15, 0.2) is 65.8 Å². The van der Waals surface area contributed by atoms with Crippen LogP contribution in [0.2, 0.25) is 0 Å². The zero-order valence-electron chi connectivity index (χ0n) is 28.6. The molecule has 10 heteroatoms. The van der Waals surface area contributed by atoms with E-state index in [4.69, 9.17) is 14.2 Å². The maximum absolute atomic E-state index is 12.1. The molecule has 0 bridgehead atoms. The third-order valence-electron chi connectivity index (χ3n) is 7.01. The maximum Gasteiger partial charge on any atom is 0.245 e. The Morgan fingerprint density at radius 2 is 1.69 bits per heavy atom. The number of hydrogen-bond acceptors (Lipinski definition) is 7.